The number of anilines is 2. The number of nitrogen functional groups attached to an aromatic ring is 1. The third-order valence-electron chi connectivity index (χ3n) is 2.76. The van der Waals surface area contributed by atoms with E-state index in [1.54, 1.807) is 23.3 Å². The van der Waals surface area contributed by atoms with Gasteiger partial charge in [0, 0.05) is 18.9 Å². The summed E-state index contributed by atoms with van der Waals surface area (Å²) in [5, 5.41) is 16.8. The Labute approximate surface area is 124 Å². The molecule has 9 heteroatoms. The zero-order valence-corrected chi connectivity index (χ0v) is 11.7. The minimum atomic E-state index is -0.633. The Bertz CT molecular complexity index is 698. The van der Waals surface area contributed by atoms with Gasteiger partial charge in [-0.3, -0.25) is 4.57 Å². The average molecular weight is 303 g/mol. The molecule has 0 spiro atoms. The summed E-state index contributed by atoms with van der Waals surface area (Å²) in [6, 6.07) is 1.87. The molecule has 3 rings (SSSR count). The van der Waals surface area contributed by atoms with Crippen molar-refractivity contribution >= 4 is 23.2 Å². The number of thiophene rings is 1. The van der Waals surface area contributed by atoms with Gasteiger partial charge in [0.1, 0.15) is 6.33 Å². The van der Waals surface area contributed by atoms with E-state index < -0.39 is 6.10 Å². The summed E-state index contributed by atoms with van der Waals surface area (Å²) in [5.41, 5.74) is 6.52. The van der Waals surface area contributed by atoms with Crippen molar-refractivity contribution in [3.63, 3.8) is 0 Å². The molecule has 0 aromatic carbocycles. The lowest BCUT2D eigenvalue weighted by Crippen LogP contribution is -2.15. The van der Waals surface area contributed by atoms with E-state index in [0.717, 1.165) is 5.56 Å². The van der Waals surface area contributed by atoms with Crippen LogP contribution in [-0.2, 0) is 0 Å². The molecule has 0 bridgehead atoms. The third kappa shape index (κ3) is 3.15. The molecule has 0 saturated carbocycles. The number of hydrogen-bond donors (Lipinski definition) is 3. The number of nitrogens with two attached hydrogens (primary N) is 1. The summed E-state index contributed by atoms with van der Waals surface area (Å²) in [5.74, 6) is 0.772. The van der Waals surface area contributed by atoms with E-state index in [1.165, 1.54) is 11.3 Å². The molecule has 0 fully saturated rings. The van der Waals surface area contributed by atoms with Crippen molar-refractivity contribution < 1.29 is 5.11 Å². The van der Waals surface area contributed by atoms with E-state index in [2.05, 4.69) is 25.3 Å². The first-order chi connectivity index (χ1) is 10.2. The van der Waals surface area contributed by atoms with E-state index in [9.17, 15) is 5.11 Å². The van der Waals surface area contributed by atoms with Gasteiger partial charge in [0.2, 0.25) is 17.8 Å². The average Bonchev–Trinajstić information content (AvgIpc) is 3.16. The zero-order valence-electron chi connectivity index (χ0n) is 10.9. The summed E-state index contributed by atoms with van der Waals surface area (Å²) >= 11 is 1.53. The van der Waals surface area contributed by atoms with Crippen molar-refractivity contribution in [3.05, 3.63) is 41.1 Å². The van der Waals surface area contributed by atoms with Gasteiger partial charge in [-0.25, -0.2) is 4.98 Å². The van der Waals surface area contributed by atoms with Crippen LogP contribution in [0, 0.1) is 0 Å². The number of aliphatic hydroxyl groups is 1. The van der Waals surface area contributed by atoms with Gasteiger partial charge in [-0.1, -0.05) is 0 Å². The van der Waals surface area contributed by atoms with Gasteiger partial charge in [0.15, 0.2) is 0 Å². The second kappa shape index (κ2) is 5.85. The molecule has 4 N–H and O–H groups in total. The molecule has 0 aliphatic carbocycles. The lowest BCUT2D eigenvalue weighted by atomic mass is 10.2. The van der Waals surface area contributed by atoms with Crippen molar-refractivity contribution in [1.29, 1.82) is 0 Å². The van der Waals surface area contributed by atoms with Gasteiger partial charge in [0.25, 0.3) is 0 Å². The molecule has 21 heavy (non-hydrogen) atoms. The van der Waals surface area contributed by atoms with E-state index in [4.69, 9.17) is 5.73 Å². The van der Waals surface area contributed by atoms with Gasteiger partial charge in [-0.15, -0.1) is 0 Å². The first-order valence-electron chi connectivity index (χ1n) is 6.16. The topological polar surface area (TPSA) is 115 Å². The number of aromatic nitrogens is 5. The van der Waals surface area contributed by atoms with Crippen molar-refractivity contribution in [3.8, 4) is 5.95 Å². The Hall–Kier alpha value is -2.52. The summed E-state index contributed by atoms with van der Waals surface area (Å²) in [7, 11) is 0. The number of aliphatic hydroxyl groups excluding tert-OH is 1. The SMILES string of the molecule is Nc1nc(NCC(O)c2ccsc2)nc(-n2ccnc2)n1. The Morgan fingerprint density at radius 2 is 2.29 bits per heavy atom. The standard InChI is InChI=1S/C12H13N7OS/c13-10-16-11(15-5-9(20)8-1-4-21-6-8)18-12(17-10)19-3-2-14-7-19/h1-4,6-7,9,20H,5H2,(H3,13,15,16,17,18). The smallest absolute Gasteiger partial charge is 0.241 e. The predicted molar refractivity (Wildman–Crippen MR) is 79.1 cm³/mol. The molecule has 0 saturated heterocycles. The van der Waals surface area contributed by atoms with E-state index >= 15 is 0 Å². The zero-order chi connectivity index (χ0) is 14.7. The number of hydrogen-bond acceptors (Lipinski definition) is 8. The van der Waals surface area contributed by atoms with Crippen LogP contribution in [-0.4, -0.2) is 36.2 Å². The molecule has 8 nitrogen and oxygen atoms in total. The van der Waals surface area contributed by atoms with Crippen LogP contribution >= 0.6 is 11.3 Å². The fourth-order valence-corrected chi connectivity index (χ4v) is 2.43. The fraction of sp³-hybridized carbons (Fsp3) is 0.167. The molecule has 3 heterocycles. The predicted octanol–water partition coefficient (Wildman–Crippen LogP) is 0.847. The Kier molecular flexibility index (Phi) is 3.75. The third-order valence-corrected chi connectivity index (χ3v) is 3.46. The van der Waals surface area contributed by atoms with Gasteiger partial charge in [-0.2, -0.15) is 26.3 Å². The van der Waals surface area contributed by atoms with E-state index in [0.29, 0.717) is 11.9 Å². The fourth-order valence-electron chi connectivity index (χ4n) is 1.72. The molecule has 1 atom stereocenters. The highest BCUT2D eigenvalue weighted by molar-refractivity contribution is 7.07. The highest BCUT2D eigenvalue weighted by Crippen LogP contribution is 2.16. The first kappa shape index (κ1) is 13.5. The molecular weight excluding hydrogens is 290 g/mol. The Morgan fingerprint density at radius 1 is 1.38 bits per heavy atom. The van der Waals surface area contributed by atoms with Crippen molar-refractivity contribution in [2.24, 2.45) is 0 Å². The quantitative estimate of drug-likeness (QED) is 0.640. The molecule has 3 aromatic heterocycles. The summed E-state index contributed by atoms with van der Waals surface area (Å²) in [6.07, 6.45) is 4.26. The van der Waals surface area contributed by atoms with Crippen LogP contribution in [0.2, 0.25) is 0 Å². The molecule has 1 unspecified atom stereocenters. The largest absolute Gasteiger partial charge is 0.387 e. The van der Waals surface area contributed by atoms with Crippen LogP contribution in [0.3, 0.4) is 0 Å². The van der Waals surface area contributed by atoms with Crippen molar-refractivity contribution in [1.82, 2.24) is 24.5 Å². The summed E-state index contributed by atoms with van der Waals surface area (Å²) < 4.78 is 1.62. The van der Waals surface area contributed by atoms with Crippen LogP contribution < -0.4 is 11.1 Å². The van der Waals surface area contributed by atoms with Gasteiger partial charge >= 0.3 is 0 Å². The second-order valence-corrected chi connectivity index (χ2v) is 5.02. The molecule has 108 valence electrons. The Balaban J connectivity index is 1.74. The normalized spacial score (nSPS) is 12.2. The van der Waals surface area contributed by atoms with Gasteiger partial charge < -0.3 is 16.2 Å². The first-order valence-corrected chi connectivity index (χ1v) is 7.10. The number of nitrogens with one attached hydrogen (secondary N) is 1. The maximum absolute atomic E-state index is 10.0. The highest BCUT2D eigenvalue weighted by atomic mass is 32.1. The van der Waals surface area contributed by atoms with Crippen LogP contribution in [0.1, 0.15) is 11.7 Å². The monoisotopic (exact) mass is 303 g/mol. The molecular formula is C12H13N7OS. The minimum Gasteiger partial charge on any atom is -0.387 e. The molecule has 0 amide bonds. The highest BCUT2D eigenvalue weighted by Gasteiger charge is 2.10. The number of nitrogens with zero attached hydrogens (tertiary/aromatic N) is 5. The summed E-state index contributed by atoms with van der Waals surface area (Å²) in [4.78, 5) is 16.2. The lowest BCUT2D eigenvalue weighted by molar-refractivity contribution is 0.192. The molecule has 0 radical (unpaired) electrons. The van der Waals surface area contributed by atoms with Crippen LogP contribution in [0.15, 0.2) is 35.5 Å². The number of imidazole rings is 1. The minimum absolute atomic E-state index is 0.0984. The lowest BCUT2D eigenvalue weighted by Gasteiger charge is -2.11. The van der Waals surface area contributed by atoms with Gasteiger partial charge in [-0.05, 0) is 22.4 Å². The second-order valence-electron chi connectivity index (χ2n) is 4.24. The maximum Gasteiger partial charge on any atom is 0.241 e. The van der Waals surface area contributed by atoms with Crippen molar-refractivity contribution in [2.45, 2.75) is 6.10 Å². The van der Waals surface area contributed by atoms with Gasteiger partial charge in [0.05, 0.1) is 6.10 Å². The summed E-state index contributed by atoms with van der Waals surface area (Å²) in [6.45, 7) is 0.281. The molecule has 0 aliphatic rings. The number of rotatable bonds is 5. The van der Waals surface area contributed by atoms with Crippen LogP contribution in [0.25, 0.3) is 5.95 Å². The molecule has 0 aliphatic heterocycles. The van der Waals surface area contributed by atoms with E-state index in [-0.39, 0.29) is 12.5 Å². The van der Waals surface area contributed by atoms with Crippen LogP contribution in [0.5, 0.6) is 0 Å². The van der Waals surface area contributed by atoms with Crippen LogP contribution in [0.4, 0.5) is 11.9 Å². The van der Waals surface area contributed by atoms with Crippen molar-refractivity contribution in [2.75, 3.05) is 17.6 Å². The Morgan fingerprint density at radius 3 is 3.00 bits per heavy atom. The molecule has 3 aromatic rings. The maximum atomic E-state index is 10.0. The van der Waals surface area contributed by atoms with E-state index in [1.807, 2.05) is 16.8 Å².